The third kappa shape index (κ3) is 3.16. The predicted molar refractivity (Wildman–Crippen MR) is 91.8 cm³/mol. The van der Waals surface area contributed by atoms with Gasteiger partial charge in [0.2, 0.25) is 0 Å². The number of nitrogens with one attached hydrogen (secondary N) is 1. The first-order valence-electron chi connectivity index (χ1n) is 8.51. The summed E-state index contributed by atoms with van der Waals surface area (Å²) in [5.74, 6) is 0.314. The van der Waals surface area contributed by atoms with Crippen LogP contribution in [0.3, 0.4) is 0 Å². The molecule has 0 radical (unpaired) electrons. The Morgan fingerprint density at radius 1 is 1.33 bits per heavy atom. The quantitative estimate of drug-likeness (QED) is 0.756. The second-order valence-corrected chi connectivity index (χ2v) is 6.57. The number of fused-ring (bicyclic) bond motifs is 1. The van der Waals surface area contributed by atoms with Crippen LogP contribution >= 0.6 is 0 Å². The summed E-state index contributed by atoms with van der Waals surface area (Å²) in [4.78, 5) is 12.7. The molecule has 1 N–H and O–H groups in total. The number of benzene rings is 1. The standard InChI is InChI=1S/C18H18FN5O3/c1-9-6-13(27-22-9)8-24-10(2)16(21-23-24)18(25)20-17-11(3)26-15-7-12(19)4-5-14(15)17/h4-7,11,17H,8H2,1-3H3,(H,20,25)/t11-,17+/m1/s1. The molecule has 0 fully saturated rings. The first-order chi connectivity index (χ1) is 12.9. The van der Waals surface area contributed by atoms with Gasteiger partial charge in [-0.05, 0) is 26.8 Å². The molecule has 1 aliphatic rings. The van der Waals surface area contributed by atoms with Crippen molar-refractivity contribution in [3.8, 4) is 5.75 Å². The molecule has 140 valence electrons. The van der Waals surface area contributed by atoms with Crippen LogP contribution in [0.5, 0.6) is 5.75 Å². The number of aryl methyl sites for hydroxylation is 1. The summed E-state index contributed by atoms with van der Waals surface area (Å²) in [5, 5.41) is 14.8. The molecule has 27 heavy (non-hydrogen) atoms. The molecule has 3 heterocycles. The van der Waals surface area contributed by atoms with Gasteiger partial charge in [-0.15, -0.1) is 5.10 Å². The third-order valence-electron chi connectivity index (χ3n) is 4.56. The molecule has 4 rings (SSSR count). The average Bonchev–Trinajstić information content (AvgIpc) is 3.27. The van der Waals surface area contributed by atoms with Crippen molar-refractivity contribution in [2.45, 2.75) is 39.5 Å². The summed E-state index contributed by atoms with van der Waals surface area (Å²) in [5.41, 5.74) is 2.33. The number of aromatic nitrogens is 4. The predicted octanol–water partition coefficient (Wildman–Crippen LogP) is 2.32. The van der Waals surface area contributed by atoms with Gasteiger partial charge in [-0.2, -0.15) is 0 Å². The van der Waals surface area contributed by atoms with E-state index < -0.39 is 6.04 Å². The van der Waals surface area contributed by atoms with Crippen LogP contribution in [0.15, 0.2) is 28.8 Å². The van der Waals surface area contributed by atoms with Gasteiger partial charge in [0.15, 0.2) is 11.5 Å². The van der Waals surface area contributed by atoms with Crippen LogP contribution in [0.4, 0.5) is 4.39 Å². The monoisotopic (exact) mass is 371 g/mol. The minimum absolute atomic E-state index is 0.217. The number of carbonyl (C=O) groups excluding carboxylic acids is 1. The van der Waals surface area contributed by atoms with E-state index in [2.05, 4.69) is 20.8 Å². The van der Waals surface area contributed by atoms with Crippen LogP contribution in [-0.2, 0) is 6.54 Å². The summed E-state index contributed by atoms with van der Waals surface area (Å²) in [6.07, 6.45) is -0.321. The lowest BCUT2D eigenvalue weighted by Gasteiger charge is -2.16. The van der Waals surface area contributed by atoms with Crippen molar-refractivity contribution in [1.82, 2.24) is 25.5 Å². The van der Waals surface area contributed by atoms with Crippen molar-refractivity contribution in [3.63, 3.8) is 0 Å². The van der Waals surface area contributed by atoms with E-state index >= 15 is 0 Å². The van der Waals surface area contributed by atoms with E-state index in [1.165, 1.54) is 12.1 Å². The van der Waals surface area contributed by atoms with Gasteiger partial charge in [0, 0.05) is 17.7 Å². The highest BCUT2D eigenvalue weighted by atomic mass is 19.1. The fourth-order valence-electron chi connectivity index (χ4n) is 3.15. The largest absolute Gasteiger partial charge is 0.488 e. The van der Waals surface area contributed by atoms with E-state index in [4.69, 9.17) is 9.26 Å². The highest BCUT2D eigenvalue weighted by Gasteiger charge is 2.34. The van der Waals surface area contributed by atoms with Gasteiger partial charge in [0.25, 0.3) is 5.91 Å². The Bertz CT molecular complexity index is 1010. The van der Waals surface area contributed by atoms with Crippen LogP contribution in [0, 0.1) is 19.7 Å². The molecular weight excluding hydrogens is 353 g/mol. The molecular formula is C18H18FN5O3. The third-order valence-corrected chi connectivity index (χ3v) is 4.56. The minimum Gasteiger partial charge on any atom is -0.488 e. The van der Waals surface area contributed by atoms with Crippen LogP contribution in [0.2, 0.25) is 0 Å². The average molecular weight is 371 g/mol. The Morgan fingerprint density at radius 2 is 2.15 bits per heavy atom. The molecule has 1 aromatic carbocycles. The van der Waals surface area contributed by atoms with Crippen LogP contribution in [0.1, 0.15) is 46.2 Å². The molecule has 2 atom stereocenters. The van der Waals surface area contributed by atoms with Gasteiger partial charge >= 0.3 is 0 Å². The number of hydrogen-bond donors (Lipinski definition) is 1. The van der Waals surface area contributed by atoms with E-state index in [-0.39, 0.29) is 23.5 Å². The fraction of sp³-hybridized carbons (Fsp3) is 0.333. The fourth-order valence-corrected chi connectivity index (χ4v) is 3.15. The molecule has 0 aliphatic carbocycles. The summed E-state index contributed by atoms with van der Waals surface area (Å²) in [6.45, 7) is 5.74. The zero-order chi connectivity index (χ0) is 19.1. The Balaban J connectivity index is 1.52. The van der Waals surface area contributed by atoms with Gasteiger partial charge in [0.1, 0.15) is 24.2 Å². The molecule has 1 aliphatic heterocycles. The van der Waals surface area contributed by atoms with Gasteiger partial charge < -0.3 is 14.6 Å². The number of halogens is 1. The maximum absolute atomic E-state index is 13.4. The van der Waals surface area contributed by atoms with Crippen molar-refractivity contribution < 1.29 is 18.4 Å². The van der Waals surface area contributed by atoms with E-state index in [1.54, 1.807) is 23.7 Å². The number of ether oxygens (including phenoxy) is 1. The summed E-state index contributed by atoms with van der Waals surface area (Å²) in [7, 11) is 0. The minimum atomic E-state index is -0.394. The Hall–Kier alpha value is -3.23. The topological polar surface area (TPSA) is 95.1 Å². The Morgan fingerprint density at radius 3 is 2.89 bits per heavy atom. The zero-order valence-electron chi connectivity index (χ0n) is 15.1. The van der Waals surface area contributed by atoms with Crippen molar-refractivity contribution in [3.05, 3.63) is 58.5 Å². The Kier molecular flexibility index (Phi) is 4.14. The molecule has 2 aromatic heterocycles. The van der Waals surface area contributed by atoms with E-state index in [9.17, 15) is 9.18 Å². The number of carbonyl (C=O) groups is 1. The Labute approximate surface area is 154 Å². The maximum Gasteiger partial charge on any atom is 0.274 e. The van der Waals surface area contributed by atoms with Gasteiger partial charge in [-0.3, -0.25) is 4.79 Å². The second kappa shape index (κ2) is 6.49. The lowest BCUT2D eigenvalue weighted by Crippen LogP contribution is -2.34. The number of hydrogen-bond acceptors (Lipinski definition) is 6. The summed E-state index contributed by atoms with van der Waals surface area (Å²) < 4.78 is 25.8. The van der Waals surface area contributed by atoms with E-state index in [0.717, 1.165) is 11.3 Å². The molecule has 1 amide bonds. The van der Waals surface area contributed by atoms with Gasteiger partial charge in [0.05, 0.1) is 17.4 Å². The smallest absolute Gasteiger partial charge is 0.274 e. The molecule has 3 aromatic rings. The molecule has 0 bridgehead atoms. The highest BCUT2D eigenvalue weighted by molar-refractivity contribution is 5.93. The van der Waals surface area contributed by atoms with Crippen molar-refractivity contribution in [2.75, 3.05) is 0 Å². The van der Waals surface area contributed by atoms with Crippen LogP contribution < -0.4 is 10.1 Å². The molecule has 0 saturated heterocycles. The van der Waals surface area contributed by atoms with Crippen LogP contribution in [-0.4, -0.2) is 32.2 Å². The van der Waals surface area contributed by atoms with Crippen molar-refractivity contribution in [1.29, 1.82) is 0 Å². The van der Waals surface area contributed by atoms with Gasteiger partial charge in [-0.1, -0.05) is 16.4 Å². The first-order valence-corrected chi connectivity index (χ1v) is 8.51. The lowest BCUT2D eigenvalue weighted by molar-refractivity contribution is 0.0902. The normalized spacial score (nSPS) is 18.2. The van der Waals surface area contributed by atoms with Gasteiger partial charge in [-0.25, -0.2) is 9.07 Å². The SMILES string of the molecule is Cc1cc(Cn2nnc(C(=O)N[C@@H]3c4ccc(F)cc4O[C@@H]3C)c2C)on1. The molecule has 0 unspecified atom stereocenters. The maximum atomic E-state index is 13.4. The second-order valence-electron chi connectivity index (χ2n) is 6.57. The summed E-state index contributed by atoms with van der Waals surface area (Å²) in [6, 6.07) is 5.69. The zero-order valence-corrected chi connectivity index (χ0v) is 15.1. The molecule has 8 nitrogen and oxygen atoms in total. The number of nitrogens with zero attached hydrogens (tertiary/aromatic N) is 4. The highest BCUT2D eigenvalue weighted by Crippen LogP contribution is 2.37. The lowest BCUT2D eigenvalue weighted by atomic mass is 10.0. The number of amides is 1. The van der Waals surface area contributed by atoms with E-state index in [0.29, 0.717) is 23.7 Å². The molecule has 0 saturated carbocycles. The molecule has 0 spiro atoms. The number of rotatable bonds is 4. The van der Waals surface area contributed by atoms with Crippen molar-refractivity contribution >= 4 is 5.91 Å². The van der Waals surface area contributed by atoms with E-state index in [1.807, 2.05) is 13.8 Å². The van der Waals surface area contributed by atoms with Crippen molar-refractivity contribution in [2.24, 2.45) is 0 Å². The van der Waals surface area contributed by atoms with Crippen LogP contribution in [0.25, 0.3) is 0 Å². The first kappa shape index (κ1) is 17.2. The summed E-state index contributed by atoms with van der Waals surface area (Å²) >= 11 is 0. The molecule has 9 heteroatoms.